The van der Waals surface area contributed by atoms with Crippen molar-refractivity contribution in [2.75, 3.05) is 0 Å². The van der Waals surface area contributed by atoms with Crippen LogP contribution in [0.25, 0.3) is 15.9 Å². The molecular weight excluding hydrogens is 399 g/mol. The highest BCUT2D eigenvalue weighted by Crippen LogP contribution is 2.27. The van der Waals surface area contributed by atoms with Crippen LogP contribution in [0.15, 0.2) is 58.1 Å². The lowest BCUT2D eigenvalue weighted by molar-refractivity contribution is 0.622. The summed E-state index contributed by atoms with van der Waals surface area (Å²) in [5, 5.41) is 1.02. The molecule has 0 aliphatic carbocycles. The molecule has 2 aromatic heterocycles. The minimum absolute atomic E-state index is 0.167. The predicted octanol–water partition coefficient (Wildman–Crippen LogP) is 4.67. The van der Waals surface area contributed by atoms with Crippen LogP contribution in [0.4, 0.5) is 4.39 Å². The molecule has 4 rings (SSSR count). The van der Waals surface area contributed by atoms with Gasteiger partial charge in [0.05, 0.1) is 17.6 Å². The largest absolute Gasteiger partial charge is 0.337 e. The zero-order chi connectivity index (χ0) is 20.0. The molecular formula is C21H16ClFN2O2S. The molecule has 0 radical (unpaired) electrons. The first-order valence-corrected chi connectivity index (χ1v) is 9.82. The third-order valence-corrected chi connectivity index (χ3v) is 6.25. The summed E-state index contributed by atoms with van der Waals surface area (Å²) in [7, 11) is 0. The molecule has 0 saturated carbocycles. The van der Waals surface area contributed by atoms with E-state index in [1.54, 1.807) is 36.4 Å². The quantitative estimate of drug-likeness (QED) is 0.489. The van der Waals surface area contributed by atoms with Crippen LogP contribution in [0, 0.1) is 19.7 Å². The molecule has 0 aliphatic rings. The Morgan fingerprint density at radius 2 is 1.79 bits per heavy atom. The van der Waals surface area contributed by atoms with Gasteiger partial charge in [-0.2, -0.15) is 0 Å². The Morgan fingerprint density at radius 3 is 2.46 bits per heavy atom. The third-order valence-electron chi connectivity index (χ3n) is 4.77. The van der Waals surface area contributed by atoms with E-state index in [4.69, 9.17) is 11.6 Å². The second-order valence-corrected chi connectivity index (χ2v) is 8.22. The average molecular weight is 415 g/mol. The van der Waals surface area contributed by atoms with Gasteiger partial charge < -0.3 is 0 Å². The molecule has 0 unspecified atom stereocenters. The number of halogens is 2. The third kappa shape index (κ3) is 3.08. The maximum absolute atomic E-state index is 13.6. The number of hydrogen-bond acceptors (Lipinski definition) is 3. The maximum atomic E-state index is 13.6. The van der Waals surface area contributed by atoms with Gasteiger partial charge in [0.2, 0.25) is 0 Å². The van der Waals surface area contributed by atoms with Gasteiger partial charge >= 0.3 is 5.69 Å². The molecule has 0 aliphatic heterocycles. The molecule has 0 fully saturated rings. The molecule has 4 nitrogen and oxygen atoms in total. The SMILES string of the molecule is Cc1sc2c(c1C)c(=O)n(-c1ccc(Cl)cc1)c(=O)n2Cc1cccc(F)c1. The van der Waals surface area contributed by atoms with Crippen LogP contribution in [-0.2, 0) is 6.54 Å². The average Bonchev–Trinajstić information content (AvgIpc) is 2.95. The molecule has 0 N–H and O–H groups in total. The van der Waals surface area contributed by atoms with E-state index in [2.05, 4.69) is 0 Å². The fourth-order valence-corrected chi connectivity index (χ4v) is 4.50. The van der Waals surface area contributed by atoms with E-state index in [0.717, 1.165) is 15.0 Å². The number of fused-ring (bicyclic) bond motifs is 1. The van der Waals surface area contributed by atoms with Crippen LogP contribution >= 0.6 is 22.9 Å². The Morgan fingerprint density at radius 1 is 1.07 bits per heavy atom. The van der Waals surface area contributed by atoms with Crippen molar-refractivity contribution >= 4 is 33.2 Å². The van der Waals surface area contributed by atoms with Gasteiger partial charge in [-0.05, 0) is 61.4 Å². The number of rotatable bonds is 3. The van der Waals surface area contributed by atoms with Crippen LogP contribution < -0.4 is 11.2 Å². The van der Waals surface area contributed by atoms with Gasteiger partial charge in [0.1, 0.15) is 10.6 Å². The van der Waals surface area contributed by atoms with Crippen molar-refractivity contribution in [2.45, 2.75) is 20.4 Å². The number of benzene rings is 2. The predicted molar refractivity (Wildman–Crippen MR) is 112 cm³/mol. The maximum Gasteiger partial charge on any atom is 0.337 e. The van der Waals surface area contributed by atoms with E-state index in [9.17, 15) is 14.0 Å². The second kappa shape index (κ2) is 7.04. The van der Waals surface area contributed by atoms with Crippen molar-refractivity contribution < 1.29 is 4.39 Å². The summed E-state index contributed by atoms with van der Waals surface area (Å²) in [6, 6.07) is 12.7. The molecule has 0 saturated heterocycles. The summed E-state index contributed by atoms with van der Waals surface area (Å²) in [5.74, 6) is -0.369. The van der Waals surface area contributed by atoms with Crippen LogP contribution in [0.2, 0.25) is 5.02 Å². The molecule has 0 amide bonds. The highest BCUT2D eigenvalue weighted by atomic mass is 35.5. The molecule has 2 heterocycles. The summed E-state index contributed by atoms with van der Waals surface area (Å²) >= 11 is 7.35. The van der Waals surface area contributed by atoms with Crippen LogP contribution in [0.1, 0.15) is 16.0 Å². The number of thiophene rings is 1. The van der Waals surface area contributed by atoms with Crippen molar-refractivity contribution in [3.63, 3.8) is 0 Å². The normalized spacial score (nSPS) is 11.3. The van der Waals surface area contributed by atoms with Gasteiger partial charge in [-0.1, -0.05) is 23.7 Å². The highest BCUT2D eigenvalue weighted by molar-refractivity contribution is 7.18. The van der Waals surface area contributed by atoms with Gasteiger partial charge in [-0.25, -0.2) is 13.8 Å². The van der Waals surface area contributed by atoms with Crippen molar-refractivity contribution in [3.05, 3.63) is 96.2 Å². The van der Waals surface area contributed by atoms with Crippen molar-refractivity contribution in [2.24, 2.45) is 0 Å². The van der Waals surface area contributed by atoms with Gasteiger partial charge in [0, 0.05) is 9.90 Å². The van der Waals surface area contributed by atoms with E-state index < -0.39 is 5.69 Å². The first kappa shape index (κ1) is 18.7. The van der Waals surface area contributed by atoms with Crippen molar-refractivity contribution in [1.82, 2.24) is 9.13 Å². The molecule has 0 spiro atoms. The van der Waals surface area contributed by atoms with Gasteiger partial charge in [0.15, 0.2) is 0 Å². The topological polar surface area (TPSA) is 44.0 Å². The summed E-state index contributed by atoms with van der Waals surface area (Å²) in [6.45, 7) is 3.96. The summed E-state index contributed by atoms with van der Waals surface area (Å²) < 4.78 is 16.3. The first-order valence-electron chi connectivity index (χ1n) is 8.63. The second-order valence-electron chi connectivity index (χ2n) is 6.58. The highest BCUT2D eigenvalue weighted by Gasteiger charge is 2.19. The fraction of sp³-hybridized carbons (Fsp3) is 0.143. The lowest BCUT2D eigenvalue weighted by Crippen LogP contribution is -2.38. The van der Waals surface area contributed by atoms with Gasteiger partial charge in [-0.3, -0.25) is 9.36 Å². The monoisotopic (exact) mass is 414 g/mol. The van der Waals surface area contributed by atoms with E-state index in [-0.39, 0.29) is 17.9 Å². The summed E-state index contributed by atoms with van der Waals surface area (Å²) in [4.78, 5) is 28.1. The van der Waals surface area contributed by atoms with Crippen molar-refractivity contribution in [1.29, 1.82) is 0 Å². The molecule has 4 aromatic rings. The Bertz CT molecular complexity index is 1320. The number of aromatic nitrogens is 2. The molecule has 142 valence electrons. The smallest absolute Gasteiger partial charge is 0.279 e. The van der Waals surface area contributed by atoms with Crippen LogP contribution in [0.5, 0.6) is 0 Å². The lowest BCUT2D eigenvalue weighted by atomic mass is 10.2. The van der Waals surface area contributed by atoms with E-state index >= 15 is 0 Å². The Balaban J connectivity index is 2.06. The Labute approximate surface area is 169 Å². The Kier molecular flexibility index (Phi) is 4.69. The minimum Gasteiger partial charge on any atom is -0.279 e. The Hall–Kier alpha value is -2.70. The van der Waals surface area contributed by atoms with E-state index in [0.29, 0.717) is 26.5 Å². The lowest BCUT2D eigenvalue weighted by Gasteiger charge is -2.13. The van der Waals surface area contributed by atoms with Crippen molar-refractivity contribution in [3.8, 4) is 5.69 Å². The molecule has 7 heteroatoms. The molecule has 0 atom stereocenters. The number of aryl methyl sites for hydroxylation is 2. The molecule has 28 heavy (non-hydrogen) atoms. The minimum atomic E-state index is -0.467. The zero-order valence-electron chi connectivity index (χ0n) is 15.2. The molecule has 2 aromatic carbocycles. The number of nitrogens with zero attached hydrogens (tertiary/aromatic N) is 2. The van der Waals surface area contributed by atoms with E-state index in [1.807, 2.05) is 13.8 Å². The zero-order valence-corrected chi connectivity index (χ0v) is 16.8. The van der Waals surface area contributed by atoms with Crippen LogP contribution in [-0.4, -0.2) is 9.13 Å². The van der Waals surface area contributed by atoms with Gasteiger partial charge in [-0.15, -0.1) is 11.3 Å². The van der Waals surface area contributed by atoms with E-state index in [1.165, 1.54) is 28.0 Å². The van der Waals surface area contributed by atoms with Crippen LogP contribution in [0.3, 0.4) is 0 Å². The standard InChI is InChI=1S/C21H16ClFN2O2S/c1-12-13(2)28-20-18(12)19(26)25(17-8-6-15(22)7-9-17)21(27)24(20)11-14-4-3-5-16(23)10-14/h3-10H,11H2,1-2H3. The summed E-state index contributed by atoms with van der Waals surface area (Å²) in [5.41, 5.74) is 1.11. The fourth-order valence-electron chi connectivity index (χ4n) is 3.23. The van der Waals surface area contributed by atoms with Gasteiger partial charge in [0.25, 0.3) is 5.56 Å². The molecule has 0 bridgehead atoms. The number of hydrogen-bond donors (Lipinski definition) is 0. The summed E-state index contributed by atoms with van der Waals surface area (Å²) in [6.07, 6.45) is 0. The first-order chi connectivity index (χ1) is 13.4.